The Balaban J connectivity index is 1.83. The summed E-state index contributed by atoms with van der Waals surface area (Å²) in [5.41, 5.74) is 2.42. The predicted molar refractivity (Wildman–Crippen MR) is 95.1 cm³/mol. The van der Waals surface area contributed by atoms with Gasteiger partial charge in [-0.2, -0.15) is 0 Å². The Bertz CT molecular complexity index is 571. The van der Waals surface area contributed by atoms with Crippen LogP contribution in [0.25, 0.3) is 0 Å². The average Bonchev–Trinajstić information content (AvgIpc) is 2.47. The van der Waals surface area contributed by atoms with Crippen molar-refractivity contribution < 1.29 is 0 Å². The zero-order valence-corrected chi connectivity index (χ0v) is 14.7. The molecule has 0 aliphatic rings. The van der Waals surface area contributed by atoms with E-state index in [-0.39, 0.29) is 0 Å². The Morgan fingerprint density at radius 3 is 2.57 bits per heavy atom. The molecule has 2 aromatic carbocycles. The third-order valence-electron chi connectivity index (χ3n) is 3.63. The maximum Gasteiger partial charge on any atom is 0.0406 e. The van der Waals surface area contributed by atoms with E-state index in [1.165, 1.54) is 5.56 Å². The number of anilines is 1. The first kappa shape index (κ1) is 16.3. The summed E-state index contributed by atoms with van der Waals surface area (Å²) in [5.74, 6) is 0. The molecule has 0 bridgehead atoms. The summed E-state index contributed by atoms with van der Waals surface area (Å²) < 4.78 is 1.09. The third-order valence-corrected chi connectivity index (χ3v) is 4.38. The first-order valence-corrected chi connectivity index (χ1v) is 8.18. The van der Waals surface area contributed by atoms with Crippen LogP contribution in [0.5, 0.6) is 0 Å². The zero-order valence-electron chi connectivity index (χ0n) is 12.3. The molecule has 0 fully saturated rings. The van der Waals surface area contributed by atoms with E-state index < -0.39 is 0 Å². The molecule has 1 atom stereocenters. The molecule has 2 rings (SSSR count). The molecule has 21 heavy (non-hydrogen) atoms. The highest BCUT2D eigenvalue weighted by Gasteiger charge is 2.10. The van der Waals surface area contributed by atoms with Gasteiger partial charge in [-0.05, 0) is 49.9 Å². The first-order valence-electron chi connectivity index (χ1n) is 7.01. The molecule has 112 valence electrons. The summed E-state index contributed by atoms with van der Waals surface area (Å²) in [7, 11) is 2.14. The van der Waals surface area contributed by atoms with Gasteiger partial charge in [-0.3, -0.25) is 4.90 Å². The number of likely N-dealkylation sites (N-methyl/N-ethyl adjacent to an activating group) is 1. The molecular weight excluding hydrogens is 348 g/mol. The molecule has 1 unspecified atom stereocenters. The minimum Gasteiger partial charge on any atom is -0.384 e. The van der Waals surface area contributed by atoms with Crippen molar-refractivity contribution in [2.24, 2.45) is 0 Å². The lowest BCUT2D eigenvalue weighted by molar-refractivity contribution is 0.271. The smallest absolute Gasteiger partial charge is 0.0406 e. The maximum atomic E-state index is 5.93. The summed E-state index contributed by atoms with van der Waals surface area (Å²) in [5, 5.41) is 4.22. The Morgan fingerprint density at radius 2 is 1.90 bits per heavy atom. The zero-order chi connectivity index (χ0) is 15.2. The van der Waals surface area contributed by atoms with Crippen LogP contribution in [0, 0.1) is 0 Å². The molecule has 0 aromatic heterocycles. The van der Waals surface area contributed by atoms with E-state index in [1.807, 2.05) is 24.3 Å². The second-order valence-electron chi connectivity index (χ2n) is 5.15. The average molecular weight is 368 g/mol. The maximum absolute atomic E-state index is 5.93. The largest absolute Gasteiger partial charge is 0.384 e. The number of nitrogens with one attached hydrogen (secondary N) is 1. The molecule has 2 aromatic rings. The minimum absolute atomic E-state index is 0.367. The van der Waals surface area contributed by atoms with E-state index in [2.05, 4.69) is 64.4 Å². The van der Waals surface area contributed by atoms with Gasteiger partial charge in [-0.15, -0.1) is 0 Å². The van der Waals surface area contributed by atoms with Crippen LogP contribution in [0.1, 0.15) is 18.5 Å². The predicted octanol–water partition coefficient (Wildman–Crippen LogP) is 5.21. The molecule has 0 spiro atoms. The normalized spacial score (nSPS) is 12.4. The summed E-state index contributed by atoms with van der Waals surface area (Å²) in [6.45, 7) is 4.09. The van der Waals surface area contributed by atoms with Crippen LogP contribution < -0.4 is 5.32 Å². The van der Waals surface area contributed by atoms with E-state index in [1.54, 1.807) is 0 Å². The van der Waals surface area contributed by atoms with E-state index in [0.29, 0.717) is 6.04 Å². The van der Waals surface area contributed by atoms with Gasteiger partial charge in [0.15, 0.2) is 0 Å². The topological polar surface area (TPSA) is 15.3 Å². The summed E-state index contributed by atoms with van der Waals surface area (Å²) in [6.07, 6.45) is 0. The van der Waals surface area contributed by atoms with Gasteiger partial charge >= 0.3 is 0 Å². The van der Waals surface area contributed by atoms with Crippen molar-refractivity contribution in [3.05, 3.63) is 63.6 Å². The molecule has 0 aliphatic carbocycles. The van der Waals surface area contributed by atoms with Crippen molar-refractivity contribution >= 4 is 33.2 Å². The number of nitrogens with zero attached hydrogens (tertiary/aromatic N) is 1. The highest BCUT2D eigenvalue weighted by molar-refractivity contribution is 9.10. The lowest BCUT2D eigenvalue weighted by atomic mass is 10.1. The van der Waals surface area contributed by atoms with E-state index in [9.17, 15) is 0 Å². The van der Waals surface area contributed by atoms with Crippen LogP contribution >= 0.6 is 27.5 Å². The van der Waals surface area contributed by atoms with Gasteiger partial charge in [-0.1, -0.05) is 45.7 Å². The number of benzene rings is 2. The van der Waals surface area contributed by atoms with E-state index in [0.717, 1.165) is 28.3 Å². The van der Waals surface area contributed by atoms with Gasteiger partial charge in [-0.25, -0.2) is 0 Å². The molecule has 0 radical (unpaired) electrons. The molecule has 4 heteroatoms. The van der Waals surface area contributed by atoms with Crippen molar-refractivity contribution in [3.8, 4) is 0 Å². The van der Waals surface area contributed by atoms with E-state index >= 15 is 0 Å². The minimum atomic E-state index is 0.367. The molecular formula is C17H20BrClN2. The van der Waals surface area contributed by atoms with Crippen LogP contribution in [0.4, 0.5) is 5.69 Å². The number of hydrogen-bond donors (Lipinski definition) is 1. The first-order chi connectivity index (χ1) is 10.1. The van der Waals surface area contributed by atoms with Crippen molar-refractivity contribution in [3.63, 3.8) is 0 Å². The number of rotatable bonds is 6. The summed E-state index contributed by atoms with van der Waals surface area (Å²) >= 11 is 9.41. The Morgan fingerprint density at radius 1 is 1.19 bits per heavy atom. The Kier molecular flexibility index (Phi) is 6.09. The van der Waals surface area contributed by atoms with Crippen molar-refractivity contribution in [2.45, 2.75) is 13.0 Å². The lowest BCUT2D eigenvalue weighted by Crippen LogP contribution is -2.28. The van der Waals surface area contributed by atoms with Crippen molar-refractivity contribution in [1.29, 1.82) is 0 Å². The van der Waals surface area contributed by atoms with Gasteiger partial charge in [0.25, 0.3) is 0 Å². The van der Waals surface area contributed by atoms with Crippen LogP contribution in [0.2, 0.25) is 5.02 Å². The number of hydrogen-bond acceptors (Lipinski definition) is 2. The van der Waals surface area contributed by atoms with Crippen LogP contribution in [0.3, 0.4) is 0 Å². The van der Waals surface area contributed by atoms with Crippen LogP contribution in [-0.4, -0.2) is 25.0 Å². The summed E-state index contributed by atoms with van der Waals surface area (Å²) in [6, 6.07) is 16.7. The third kappa shape index (κ3) is 5.03. The van der Waals surface area contributed by atoms with Crippen molar-refractivity contribution in [2.75, 3.05) is 25.5 Å². The van der Waals surface area contributed by atoms with Gasteiger partial charge in [0.05, 0.1) is 0 Å². The molecule has 2 nitrogen and oxygen atoms in total. The fraction of sp³-hybridized carbons (Fsp3) is 0.294. The molecule has 0 saturated heterocycles. The molecule has 0 aliphatic heterocycles. The quantitative estimate of drug-likeness (QED) is 0.754. The number of halogens is 2. The van der Waals surface area contributed by atoms with Crippen LogP contribution in [-0.2, 0) is 0 Å². The second kappa shape index (κ2) is 7.83. The highest BCUT2D eigenvalue weighted by atomic mass is 79.9. The Hall–Kier alpha value is -1.03. The molecule has 0 heterocycles. The van der Waals surface area contributed by atoms with Gasteiger partial charge in [0, 0.05) is 34.3 Å². The summed E-state index contributed by atoms with van der Waals surface area (Å²) in [4.78, 5) is 2.33. The Labute approximate surface area is 140 Å². The second-order valence-corrected chi connectivity index (χ2v) is 6.50. The van der Waals surface area contributed by atoms with Gasteiger partial charge in [0.1, 0.15) is 0 Å². The van der Waals surface area contributed by atoms with Crippen LogP contribution in [0.15, 0.2) is 53.0 Å². The standard InChI is InChI=1S/C17H20BrClN2/c1-13(14-6-8-16(19)9-7-14)21(2)11-10-20-17-5-3-4-15(18)12-17/h3-9,12-13,20H,10-11H2,1-2H3. The van der Waals surface area contributed by atoms with Gasteiger partial charge in [0.2, 0.25) is 0 Å². The molecule has 0 amide bonds. The molecule has 0 saturated carbocycles. The fourth-order valence-corrected chi connectivity index (χ4v) is 2.69. The highest BCUT2D eigenvalue weighted by Crippen LogP contribution is 2.20. The van der Waals surface area contributed by atoms with E-state index in [4.69, 9.17) is 11.6 Å². The van der Waals surface area contributed by atoms with Gasteiger partial charge < -0.3 is 5.32 Å². The monoisotopic (exact) mass is 366 g/mol. The van der Waals surface area contributed by atoms with Crippen molar-refractivity contribution in [1.82, 2.24) is 4.90 Å². The fourth-order valence-electron chi connectivity index (χ4n) is 2.16. The SMILES string of the molecule is CC(c1ccc(Cl)cc1)N(C)CCNc1cccc(Br)c1. The lowest BCUT2D eigenvalue weighted by Gasteiger charge is -2.25. The molecule has 1 N–H and O–H groups in total.